The van der Waals surface area contributed by atoms with Crippen molar-refractivity contribution in [2.75, 3.05) is 19.7 Å². The molecule has 3 aromatic rings. The number of rotatable bonds is 8. The monoisotopic (exact) mass is 434 g/mol. The lowest BCUT2D eigenvalue weighted by Crippen LogP contribution is -2.24. The van der Waals surface area contributed by atoms with Crippen LogP contribution in [0.4, 0.5) is 0 Å². The lowest BCUT2D eigenvalue weighted by molar-refractivity contribution is -0.135. The maximum absolute atomic E-state index is 12.0. The minimum atomic E-state index is -1.25. The molecule has 1 atom stereocenters. The fourth-order valence-electron chi connectivity index (χ4n) is 4.49. The second-order valence-corrected chi connectivity index (χ2v) is 7.79. The molecule has 0 amide bonds. The van der Waals surface area contributed by atoms with Crippen LogP contribution in [0.1, 0.15) is 23.6 Å². The molecule has 0 bridgehead atoms. The highest BCUT2D eigenvalue weighted by Gasteiger charge is 2.31. The molecule has 1 aromatic heterocycles. The Morgan fingerprint density at radius 1 is 1.09 bits per heavy atom. The number of fused-ring (bicyclic) bond motifs is 3. The number of hydrogen-bond donors (Lipinski definition) is 3. The molecule has 3 N–H and O–H groups in total. The molecule has 2 heterocycles. The molecule has 1 aliphatic heterocycles. The highest BCUT2D eigenvalue weighted by Crippen LogP contribution is 2.37. The quantitative estimate of drug-likeness (QED) is 0.371. The van der Waals surface area contributed by atoms with Crippen molar-refractivity contribution in [1.82, 2.24) is 9.88 Å². The summed E-state index contributed by atoms with van der Waals surface area (Å²) in [6.07, 6.45) is 2.35. The van der Waals surface area contributed by atoms with Crippen LogP contribution in [0.5, 0.6) is 5.75 Å². The van der Waals surface area contributed by atoms with Crippen LogP contribution in [0, 0.1) is 0 Å². The van der Waals surface area contributed by atoms with E-state index in [1.807, 2.05) is 54.6 Å². The van der Waals surface area contributed by atoms with Gasteiger partial charge in [0.05, 0.1) is 12.2 Å². The van der Waals surface area contributed by atoms with E-state index in [1.54, 1.807) is 0 Å². The van der Waals surface area contributed by atoms with Gasteiger partial charge in [-0.15, -0.1) is 0 Å². The number of benzene rings is 2. The SMILES string of the molecule is O=C(O)/C=C(\C(=O)O)C1CNCCc2c1c1ccccc1n2CCCOc1ccccc1. The first-order valence-corrected chi connectivity index (χ1v) is 10.7. The number of aromatic nitrogens is 1. The molecule has 0 saturated carbocycles. The van der Waals surface area contributed by atoms with E-state index in [-0.39, 0.29) is 5.57 Å². The number of aryl methyl sites for hydroxylation is 1. The zero-order chi connectivity index (χ0) is 22.5. The van der Waals surface area contributed by atoms with Crippen LogP contribution in [0.3, 0.4) is 0 Å². The molecule has 0 radical (unpaired) electrons. The summed E-state index contributed by atoms with van der Waals surface area (Å²) in [6, 6.07) is 17.6. The number of hydrogen-bond acceptors (Lipinski definition) is 4. The molecule has 2 aromatic carbocycles. The summed E-state index contributed by atoms with van der Waals surface area (Å²) in [7, 11) is 0. The summed E-state index contributed by atoms with van der Waals surface area (Å²) in [6.45, 7) is 2.36. The van der Waals surface area contributed by atoms with Crippen LogP contribution in [-0.2, 0) is 22.6 Å². The number of carbonyl (C=O) groups is 2. The van der Waals surface area contributed by atoms with Crippen molar-refractivity contribution >= 4 is 22.8 Å². The van der Waals surface area contributed by atoms with Gasteiger partial charge in [-0.3, -0.25) is 0 Å². The maximum atomic E-state index is 12.0. The minimum absolute atomic E-state index is 0.108. The molecule has 7 nitrogen and oxygen atoms in total. The number of carboxylic acids is 2. The highest BCUT2D eigenvalue weighted by molar-refractivity contribution is 5.98. The van der Waals surface area contributed by atoms with Crippen LogP contribution in [0.25, 0.3) is 10.9 Å². The Bertz CT molecular complexity index is 1150. The van der Waals surface area contributed by atoms with E-state index in [4.69, 9.17) is 4.74 Å². The van der Waals surface area contributed by atoms with Gasteiger partial charge in [0.1, 0.15) is 5.75 Å². The van der Waals surface area contributed by atoms with Crippen molar-refractivity contribution in [2.45, 2.75) is 25.3 Å². The van der Waals surface area contributed by atoms with E-state index >= 15 is 0 Å². The third-order valence-electron chi connectivity index (χ3n) is 5.80. The van der Waals surface area contributed by atoms with Gasteiger partial charge in [0, 0.05) is 54.6 Å². The second-order valence-electron chi connectivity index (χ2n) is 7.79. The molecule has 1 unspecified atom stereocenters. The molecule has 166 valence electrons. The van der Waals surface area contributed by atoms with Gasteiger partial charge in [-0.05, 0) is 30.2 Å². The molecule has 32 heavy (non-hydrogen) atoms. The normalized spacial score (nSPS) is 16.4. The maximum Gasteiger partial charge on any atom is 0.332 e. The number of ether oxygens (including phenoxy) is 1. The predicted molar refractivity (Wildman–Crippen MR) is 121 cm³/mol. The summed E-state index contributed by atoms with van der Waals surface area (Å²) >= 11 is 0. The van der Waals surface area contributed by atoms with Crippen molar-refractivity contribution < 1.29 is 24.5 Å². The molecule has 0 aliphatic carbocycles. The summed E-state index contributed by atoms with van der Waals surface area (Å²) < 4.78 is 8.08. The Hall–Kier alpha value is -3.58. The predicted octanol–water partition coefficient (Wildman–Crippen LogP) is 3.44. The third-order valence-corrected chi connectivity index (χ3v) is 5.80. The number of carboxylic acid groups (broad SMARTS) is 2. The van der Waals surface area contributed by atoms with Gasteiger partial charge in [0.25, 0.3) is 0 Å². The molecule has 7 heteroatoms. The Morgan fingerprint density at radius 2 is 1.84 bits per heavy atom. The first-order chi connectivity index (χ1) is 15.6. The first kappa shape index (κ1) is 21.6. The Labute approximate surface area is 185 Å². The number of aliphatic carboxylic acids is 2. The van der Waals surface area contributed by atoms with Gasteiger partial charge in [-0.1, -0.05) is 36.4 Å². The van der Waals surface area contributed by atoms with Gasteiger partial charge in [0.15, 0.2) is 0 Å². The Balaban J connectivity index is 1.69. The van der Waals surface area contributed by atoms with Crippen molar-refractivity contribution in [1.29, 1.82) is 0 Å². The van der Waals surface area contributed by atoms with E-state index in [0.717, 1.165) is 53.4 Å². The number of para-hydroxylation sites is 2. The van der Waals surface area contributed by atoms with E-state index in [2.05, 4.69) is 9.88 Å². The average molecular weight is 434 g/mol. The number of nitrogens with zero attached hydrogens (tertiary/aromatic N) is 1. The fourth-order valence-corrected chi connectivity index (χ4v) is 4.49. The highest BCUT2D eigenvalue weighted by atomic mass is 16.5. The second kappa shape index (κ2) is 9.70. The first-order valence-electron chi connectivity index (χ1n) is 10.7. The van der Waals surface area contributed by atoms with Gasteiger partial charge in [-0.25, -0.2) is 9.59 Å². The molecule has 4 rings (SSSR count). The lowest BCUT2D eigenvalue weighted by atomic mass is 9.88. The van der Waals surface area contributed by atoms with E-state index in [0.29, 0.717) is 19.7 Å². The topological polar surface area (TPSA) is 101 Å². The molecule has 0 fully saturated rings. The van der Waals surface area contributed by atoms with Crippen LogP contribution < -0.4 is 10.1 Å². The van der Waals surface area contributed by atoms with Gasteiger partial charge in [0.2, 0.25) is 0 Å². The summed E-state index contributed by atoms with van der Waals surface area (Å²) in [5.74, 6) is -2.18. The standard InChI is InChI=1S/C25H26N2O5/c28-23(29)15-19(25(30)31)20-16-26-12-11-22-24(20)18-9-4-5-10-21(18)27(22)13-6-14-32-17-7-2-1-3-8-17/h1-5,7-10,15,20,26H,6,11-14,16H2,(H,28,29)(H,30,31)/b19-15-. The zero-order valence-electron chi connectivity index (χ0n) is 17.7. The van der Waals surface area contributed by atoms with E-state index in [9.17, 15) is 19.8 Å². The molecule has 0 saturated heterocycles. The van der Waals surface area contributed by atoms with Gasteiger partial charge >= 0.3 is 11.9 Å². The van der Waals surface area contributed by atoms with E-state index < -0.39 is 17.9 Å². The fraction of sp³-hybridized carbons (Fsp3) is 0.280. The van der Waals surface area contributed by atoms with Crippen molar-refractivity contribution in [3.8, 4) is 5.75 Å². The summed E-state index contributed by atoms with van der Waals surface area (Å²) in [4.78, 5) is 23.3. The van der Waals surface area contributed by atoms with Gasteiger partial charge < -0.3 is 24.8 Å². The van der Waals surface area contributed by atoms with Gasteiger partial charge in [-0.2, -0.15) is 0 Å². The van der Waals surface area contributed by atoms with Crippen LogP contribution in [0.15, 0.2) is 66.2 Å². The van der Waals surface area contributed by atoms with Crippen molar-refractivity contribution in [3.05, 3.63) is 77.5 Å². The van der Waals surface area contributed by atoms with Crippen molar-refractivity contribution in [2.24, 2.45) is 0 Å². The third kappa shape index (κ3) is 4.53. The summed E-state index contributed by atoms with van der Waals surface area (Å²) in [5, 5.41) is 23.3. The zero-order valence-corrected chi connectivity index (χ0v) is 17.7. The Morgan fingerprint density at radius 3 is 2.59 bits per heavy atom. The van der Waals surface area contributed by atoms with Crippen LogP contribution >= 0.6 is 0 Å². The van der Waals surface area contributed by atoms with E-state index in [1.165, 1.54) is 0 Å². The summed E-state index contributed by atoms with van der Waals surface area (Å²) in [5.41, 5.74) is 2.88. The molecular weight excluding hydrogens is 408 g/mol. The smallest absolute Gasteiger partial charge is 0.332 e. The lowest BCUT2D eigenvalue weighted by Gasteiger charge is -2.17. The van der Waals surface area contributed by atoms with Crippen molar-refractivity contribution in [3.63, 3.8) is 0 Å². The van der Waals surface area contributed by atoms with Crippen LogP contribution in [-0.4, -0.2) is 46.4 Å². The largest absolute Gasteiger partial charge is 0.494 e. The van der Waals surface area contributed by atoms with Crippen LogP contribution in [0.2, 0.25) is 0 Å². The average Bonchev–Trinajstić information content (AvgIpc) is 2.93. The Kier molecular flexibility index (Phi) is 6.56. The molecule has 1 aliphatic rings. The number of nitrogens with one attached hydrogen (secondary N) is 1. The minimum Gasteiger partial charge on any atom is -0.494 e. The molecular formula is C25H26N2O5. The molecule has 0 spiro atoms.